The molecule has 1 unspecified atom stereocenters. The topological polar surface area (TPSA) is 29.5 Å². The van der Waals surface area contributed by atoms with Crippen LogP contribution in [0.4, 0.5) is 4.79 Å². The van der Waals surface area contributed by atoms with Gasteiger partial charge >= 0.3 is 6.09 Å². The van der Waals surface area contributed by atoms with Crippen LogP contribution < -0.4 is 0 Å². The van der Waals surface area contributed by atoms with Gasteiger partial charge in [0.2, 0.25) is 0 Å². The summed E-state index contributed by atoms with van der Waals surface area (Å²) in [5, 5.41) is -0.106. The molecule has 0 saturated heterocycles. The summed E-state index contributed by atoms with van der Waals surface area (Å²) in [5.74, 6) is 0. The minimum atomic E-state index is -0.333. The van der Waals surface area contributed by atoms with Crippen LogP contribution in [0.1, 0.15) is 22.9 Å². The monoisotopic (exact) mass is 317 g/mol. The van der Waals surface area contributed by atoms with Gasteiger partial charge in [-0.15, -0.1) is 11.6 Å². The van der Waals surface area contributed by atoms with E-state index in [4.69, 9.17) is 16.3 Å². The lowest BCUT2D eigenvalue weighted by Gasteiger charge is -2.19. The highest BCUT2D eigenvalue weighted by molar-refractivity contribution is 6.20. The van der Waals surface area contributed by atoms with Crippen LogP contribution >= 0.6 is 11.6 Å². The molecular weight excluding hydrogens is 298 g/mol. The highest BCUT2D eigenvalue weighted by Crippen LogP contribution is 2.23. The fourth-order valence-corrected chi connectivity index (χ4v) is 2.30. The summed E-state index contributed by atoms with van der Waals surface area (Å²) in [5.41, 5.74) is 2.04. The van der Waals surface area contributed by atoms with Crippen molar-refractivity contribution in [2.75, 3.05) is 13.6 Å². The standard InChI is InChI=1S/C18H20ClNO2/c1-20(13-12-17(19)16-10-6-3-7-11-16)18(21)22-14-15-8-4-2-5-9-15/h2-11,17H,12-14H2,1H3. The summed E-state index contributed by atoms with van der Waals surface area (Å²) in [6.07, 6.45) is 0.350. The van der Waals surface area contributed by atoms with E-state index in [-0.39, 0.29) is 18.1 Å². The van der Waals surface area contributed by atoms with Gasteiger partial charge in [-0.2, -0.15) is 0 Å². The molecule has 0 aliphatic heterocycles. The number of benzene rings is 2. The molecular formula is C18H20ClNO2. The number of alkyl halides is 1. The molecule has 1 atom stereocenters. The van der Waals surface area contributed by atoms with Crippen LogP contribution in [-0.4, -0.2) is 24.6 Å². The second kappa shape index (κ2) is 8.44. The Morgan fingerprint density at radius 3 is 2.32 bits per heavy atom. The molecule has 0 heterocycles. The molecule has 0 radical (unpaired) electrons. The molecule has 0 spiro atoms. The van der Waals surface area contributed by atoms with Crippen LogP contribution in [0.5, 0.6) is 0 Å². The highest BCUT2D eigenvalue weighted by atomic mass is 35.5. The Kier molecular flexibility index (Phi) is 6.28. The van der Waals surface area contributed by atoms with E-state index in [2.05, 4.69) is 0 Å². The molecule has 0 aliphatic rings. The second-order valence-corrected chi connectivity index (χ2v) is 5.66. The van der Waals surface area contributed by atoms with Gasteiger partial charge in [0, 0.05) is 13.6 Å². The van der Waals surface area contributed by atoms with Crippen LogP contribution in [0, 0.1) is 0 Å². The zero-order valence-electron chi connectivity index (χ0n) is 12.6. The van der Waals surface area contributed by atoms with Crippen molar-refractivity contribution in [1.82, 2.24) is 4.90 Å². The first-order valence-corrected chi connectivity index (χ1v) is 7.71. The van der Waals surface area contributed by atoms with E-state index in [1.54, 1.807) is 11.9 Å². The van der Waals surface area contributed by atoms with Crippen molar-refractivity contribution in [1.29, 1.82) is 0 Å². The number of halogens is 1. The molecule has 4 heteroatoms. The van der Waals surface area contributed by atoms with E-state index >= 15 is 0 Å². The number of hydrogen-bond acceptors (Lipinski definition) is 2. The maximum Gasteiger partial charge on any atom is 0.409 e. The lowest BCUT2D eigenvalue weighted by molar-refractivity contribution is 0.104. The molecule has 0 saturated carbocycles. The minimum Gasteiger partial charge on any atom is -0.445 e. The predicted octanol–water partition coefficient (Wildman–Crippen LogP) is 4.63. The predicted molar refractivity (Wildman–Crippen MR) is 88.9 cm³/mol. The lowest BCUT2D eigenvalue weighted by Crippen LogP contribution is -2.28. The van der Waals surface area contributed by atoms with Crippen molar-refractivity contribution in [2.24, 2.45) is 0 Å². The van der Waals surface area contributed by atoms with Crippen molar-refractivity contribution in [2.45, 2.75) is 18.4 Å². The van der Waals surface area contributed by atoms with Gasteiger partial charge in [0.25, 0.3) is 0 Å². The van der Waals surface area contributed by atoms with Crippen LogP contribution in [0.25, 0.3) is 0 Å². The summed E-state index contributed by atoms with van der Waals surface area (Å²) in [6.45, 7) is 0.837. The molecule has 0 fully saturated rings. The Labute approximate surface area is 136 Å². The van der Waals surface area contributed by atoms with Gasteiger partial charge < -0.3 is 9.64 Å². The Morgan fingerprint density at radius 2 is 1.68 bits per heavy atom. The maximum absolute atomic E-state index is 11.9. The SMILES string of the molecule is CN(CCC(Cl)c1ccccc1)C(=O)OCc1ccccc1. The van der Waals surface area contributed by atoms with Gasteiger partial charge in [-0.25, -0.2) is 4.79 Å². The molecule has 0 bridgehead atoms. The Bertz CT molecular complexity index is 574. The molecule has 3 nitrogen and oxygen atoms in total. The third kappa shape index (κ3) is 5.08. The molecule has 116 valence electrons. The van der Waals surface area contributed by atoms with Crippen molar-refractivity contribution in [3.05, 3.63) is 71.8 Å². The number of amides is 1. The average molecular weight is 318 g/mol. The summed E-state index contributed by atoms with van der Waals surface area (Å²) in [6, 6.07) is 19.5. The molecule has 0 aliphatic carbocycles. The zero-order valence-corrected chi connectivity index (χ0v) is 13.4. The van der Waals surface area contributed by atoms with Gasteiger partial charge in [0.1, 0.15) is 6.61 Å². The summed E-state index contributed by atoms with van der Waals surface area (Å²) >= 11 is 6.35. The second-order valence-electron chi connectivity index (χ2n) is 5.13. The van der Waals surface area contributed by atoms with Crippen molar-refractivity contribution < 1.29 is 9.53 Å². The van der Waals surface area contributed by atoms with Gasteiger partial charge in [-0.3, -0.25) is 0 Å². The minimum absolute atomic E-state index is 0.106. The quantitative estimate of drug-likeness (QED) is 0.727. The van der Waals surface area contributed by atoms with Crippen LogP contribution in [0.2, 0.25) is 0 Å². The van der Waals surface area contributed by atoms with Crippen molar-refractivity contribution in [3.63, 3.8) is 0 Å². The van der Waals surface area contributed by atoms with E-state index in [9.17, 15) is 4.79 Å². The highest BCUT2D eigenvalue weighted by Gasteiger charge is 2.13. The van der Waals surface area contributed by atoms with E-state index in [1.165, 1.54) is 0 Å². The Morgan fingerprint density at radius 1 is 1.09 bits per heavy atom. The molecule has 22 heavy (non-hydrogen) atoms. The molecule has 2 aromatic carbocycles. The van der Waals surface area contributed by atoms with E-state index in [0.29, 0.717) is 13.0 Å². The molecule has 1 amide bonds. The van der Waals surface area contributed by atoms with Crippen molar-refractivity contribution in [3.8, 4) is 0 Å². The van der Waals surface area contributed by atoms with Gasteiger partial charge in [-0.05, 0) is 17.5 Å². The average Bonchev–Trinajstić information content (AvgIpc) is 2.58. The molecule has 0 aromatic heterocycles. The summed E-state index contributed by atoms with van der Waals surface area (Å²) < 4.78 is 5.27. The normalized spacial score (nSPS) is 11.7. The van der Waals surface area contributed by atoms with E-state index in [0.717, 1.165) is 11.1 Å². The summed E-state index contributed by atoms with van der Waals surface area (Å²) in [7, 11) is 1.72. The third-order valence-electron chi connectivity index (χ3n) is 3.40. The Balaban J connectivity index is 1.74. The van der Waals surface area contributed by atoms with Gasteiger partial charge in [0.05, 0.1) is 5.38 Å². The largest absolute Gasteiger partial charge is 0.445 e. The molecule has 2 aromatic rings. The first-order valence-electron chi connectivity index (χ1n) is 7.27. The zero-order chi connectivity index (χ0) is 15.8. The molecule has 0 N–H and O–H groups in total. The first-order chi connectivity index (χ1) is 10.7. The van der Waals surface area contributed by atoms with Crippen LogP contribution in [-0.2, 0) is 11.3 Å². The number of carbonyl (C=O) groups excluding carboxylic acids is 1. The van der Waals surface area contributed by atoms with Gasteiger partial charge in [0.15, 0.2) is 0 Å². The number of carbonyl (C=O) groups is 1. The van der Waals surface area contributed by atoms with E-state index in [1.807, 2.05) is 60.7 Å². The maximum atomic E-state index is 11.9. The smallest absolute Gasteiger partial charge is 0.409 e. The summed E-state index contributed by atoms with van der Waals surface area (Å²) in [4.78, 5) is 13.5. The van der Waals surface area contributed by atoms with Crippen LogP contribution in [0.15, 0.2) is 60.7 Å². The first kappa shape index (κ1) is 16.4. The van der Waals surface area contributed by atoms with Crippen molar-refractivity contribution >= 4 is 17.7 Å². The van der Waals surface area contributed by atoms with Gasteiger partial charge in [-0.1, -0.05) is 60.7 Å². The van der Waals surface area contributed by atoms with E-state index < -0.39 is 0 Å². The third-order valence-corrected chi connectivity index (χ3v) is 3.87. The Hall–Kier alpha value is -2.00. The number of rotatable bonds is 6. The molecule has 2 rings (SSSR count). The number of nitrogens with zero attached hydrogens (tertiary/aromatic N) is 1. The lowest BCUT2D eigenvalue weighted by atomic mass is 10.1. The number of ether oxygens (including phenoxy) is 1. The fourth-order valence-electron chi connectivity index (χ4n) is 2.06. The fraction of sp³-hybridized carbons (Fsp3) is 0.278. The number of hydrogen-bond donors (Lipinski definition) is 0. The van der Waals surface area contributed by atoms with Crippen LogP contribution in [0.3, 0.4) is 0 Å².